The highest BCUT2D eigenvalue weighted by atomic mass is 32.1. The molecule has 5 heteroatoms. The standard InChI is InChI=1S/C14H16FN3S/c1-9(2)14-17-3-4-18(14)8-10-5-11(13(16)19)7-12(15)6-10/h3-7,9H,8H2,1-2H3,(H2,16,19). The maximum atomic E-state index is 13.5. The average Bonchev–Trinajstić information content (AvgIpc) is 2.76. The van der Waals surface area contributed by atoms with Crippen LogP contribution in [0, 0.1) is 5.82 Å². The lowest BCUT2D eigenvalue weighted by molar-refractivity contribution is 0.619. The average molecular weight is 277 g/mol. The molecule has 100 valence electrons. The molecule has 0 fully saturated rings. The number of thiocarbonyl (C=S) groups is 1. The molecule has 0 radical (unpaired) electrons. The smallest absolute Gasteiger partial charge is 0.124 e. The van der Waals surface area contributed by atoms with Crippen LogP contribution in [0.2, 0.25) is 0 Å². The highest BCUT2D eigenvalue weighted by Crippen LogP contribution is 2.16. The number of hydrogen-bond donors (Lipinski definition) is 1. The molecule has 2 N–H and O–H groups in total. The molecular formula is C14H16FN3S. The van der Waals surface area contributed by atoms with Crippen molar-refractivity contribution in [1.29, 1.82) is 0 Å². The fourth-order valence-corrected chi connectivity index (χ4v) is 2.15. The Bertz CT molecular complexity index is 604. The number of imidazole rings is 1. The van der Waals surface area contributed by atoms with Crippen molar-refractivity contribution in [3.8, 4) is 0 Å². The molecule has 0 atom stereocenters. The summed E-state index contributed by atoms with van der Waals surface area (Å²) in [5.41, 5.74) is 6.92. The summed E-state index contributed by atoms with van der Waals surface area (Å²) < 4.78 is 15.5. The normalized spacial score (nSPS) is 10.9. The van der Waals surface area contributed by atoms with E-state index < -0.39 is 0 Å². The van der Waals surface area contributed by atoms with Crippen LogP contribution in [0.25, 0.3) is 0 Å². The Balaban J connectivity index is 2.33. The summed E-state index contributed by atoms with van der Waals surface area (Å²) in [5, 5.41) is 0. The largest absolute Gasteiger partial charge is 0.389 e. The van der Waals surface area contributed by atoms with E-state index in [2.05, 4.69) is 18.8 Å². The second kappa shape index (κ2) is 5.48. The van der Waals surface area contributed by atoms with Crippen molar-refractivity contribution in [3.63, 3.8) is 0 Å². The fraction of sp³-hybridized carbons (Fsp3) is 0.286. The summed E-state index contributed by atoms with van der Waals surface area (Å²) in [6.07, 6.45) is 3.64. The van der Waals surface area contributed by atoms with E-state index in [-0.39, 0.29) is 10.8 Å². The van der Waals surface area contributed by atoms with E-state index in [1.54, 1.807) is 6.20 Å². The molecule has 2 rings (SSSR count). The number of aromatic nitrogens is 2. The van der Waals surface area contributed by atoms with Crippen molar-refractivity contribution in [3.05, 3.63) is 53.4 Å². The van der Waals surface area contributed by atoms with Crippen molar-refractivity contribution in [1.82, 2.24) is 9.55 Å². The molecule has 0 aliphatic heterocycles. The number of nitrogens with zero attached hydrogens (tertiary/aromatic N) is 2. The molecule has 19 heavy (non-hydrogen) atoms. The van der Waals surface area contributed by atoms with Crippen molar-refractivity contribution in [2.45, 2.75) is 26.3 Å². The van der Waals surface area contributed by atoms with Crippen LogP contribution >= 0.6 is 12.2 Å². The highest BCUT2D eigenvalue weighted by molar-refractivity contribution is 7.80. The minimum absolute atomic E-state index is 0.204. The van der Waals surface area contributed by atoms with E-state index in [1.165, 1.54) is 12.1 Å². The molecule has 1 aromatic heterocycles. The van der Waals surface area contributed by atoms with Crippen molar-refractivity contribution in [2.75, 3.05) is 0 Å². The summed E-state index contributed by atoms with van der Waals surface area (Å²) in [6.45, 7) is 4.70. The molecule has 0 aliphatic carbocycles. The molecule has 0 amide bonds. The monoisotopic (exact) mass is 277 g/mol. The first kappa shape index (κ1) is 13.7. The van der Waals surface area contributed by atoms with Gasteiger partial charge in [-0.05, 0) is 23.8 Å². The molecule has 0 saturated carbocycles. The van der Waals surface area contributed by atoms with Gasteiger partial charge in [-0.3, -0.25) is 0 Å². The van der Waals surface area contributed by atoms with Crippen molar-refractivity contribution >= 4 is 17.2 Å². The molecule has 0 aliphatic rings. The Morgan fingerprint density at radius 3 is 2.79 bits per heavy atom. The van der Waals surface area contributed by atoms with Crippen LogP contribution in [0.4, 0.5) is 4.39 Å². The molecule has 0 bridgehead atoms. The number of halogens is 1. The van der Waals surface area contributed by atoms with Crippen molar-refractivity contribution in [2.24, 2.45) is 5.73 Å². The third kappa shape index (κ3) is 3.17. The van der Waals surface area contributed by atoms with Gasteiger partial charge in [-0.15, -0.1) is 0 Å². The van der Waals surface area contributed by atoms with Crippen LogP contribution < -0.4 is 5.73 Å². The van der Waals surface area contributed by atoms with E-state index in [0.29, 0.717) is 18.0 Å². The van der Waals surface area contributed by atoms with Crippen LogP contribution in [0.1, 0.15) is 36.7 Å². The van der Waals surface area contributed by atoms with Gasteiger partial charge in [-0.2, -0.15) is 0 Å². The summed E-state index contributed by atoms with van der Waals surface area (Å²) in [5.74, 6) is 0.964. The van der Waals surface area contributed by atoms with Gasteiger partial charge in [0.15, 0.2) is 0 Å². The van der Waals surface area contributed by atoms with Gasteiger partial charge in [0.2, 0.25) is 0 Å². The minimum Gasteiger partial charge on any atom is -0.389 e. The topological polar surface area (TPSA) is 43.8 Å². The first-order valence-electron chi connectivity index (χ1n) is 6.07. The maximum Gasteiger partial charge on any atom is 0.124 e. The molecule has 1 heterocycles. The molecule has 0 spiro atoms. The zero-order valence-corrected chi connectivity index (χ0v) is 11.7. The Hall–Kier alpha value is -1.75. The lowest BCUT2D eigenvalue weighted by Crippen LogP contribution is -2.11. The quantitative estimate of drug-likeness (QED) is 0.874. The molecule has 2 aromatic rings. The number of hydrogen-bond acceptors (Lipinski definition) is 2. The molecule has 0 unspecified atom stereocenters. The van der Waals surface area contributed by atoms with Gasteiger partial charge in [0, 0.05) is 30.4 Å². The van der Waals surface area contributed by atoms with Gasteiger partial charge < -0.3 is 10.3 Å². The van der Waals surface area contributed by atoms with Crippen LogP contribution in [0.15, 0.2) is 30.6 Å². The van der Waals surface area contributed by atoms with Gasteiger partial charge >= 0.3 is 0 Å². The second-order valence-corrected chi connectivity index (χ2v) is 5.22. The second-order valence-electron chi connectivity index (χ2n) is 4.78. The Morgan fingerprint density at radius 1 is 1.42 bits per heavy atom. The van der Waals surface area contributed by atoms with Gasteiger partial charge in [0.1, 0.15) is 16.6 Å². The van der Waals surface area contributed by atoms with Gasteiger partial charge in [-0.1, -0.05) is 26.1 Å². The zero-order valence-electron chi connectivity index (χ0n) is 10.9. The number of benzene rings is 1. The van der Waals surface area contributed by atoms with Crippen LogP contribution in [0.5, 0.6) is 0 Å². The van der Waals surface area contributed by atoms with E-state index in [1.807, 2.05) is 16.8 Å². The third-order valence-electron chi connectivity index (χ3n) is 2.86. The lowest BCUT2D eigenvalue weighted by atomic mass is 10.1. The third-order valence-corrected chi connectivity index (χ3v) is 3.09. The minimum atomic E-state index is -0.327. The molecular weight excluding hydrogens is 261 g/mol. The van der Waals surface area contributed by atoms with E-state index in [4.69, 9.17) is 18.0 Å². The van der Waals surface area contributed by atoms with Crippen LogP contribution in [-0.2, 0) is 6.54 Å². The van der Waals surface area contributed by atoms with Crippen molar-refractivity contribution < 1.29 is 4.39 Å². The molecule has 0 saturated heterocycles. The first-order chi connectivity index (χ1) is 8.97. The lowest BCUT2D eigenvalue weighted by Gasteiger charge is -2.11. The predicted octanol–water partition coefficient (Wildman–Crippen LogP) is 2.83. The van der Waals surface area contributed by atoms with Gasteiger partial charge in [0.05, 0.1) is 0 Å². The van der Waals surface area contributed by atoms with Gasteiger partial charge in [-0.25, -0.2) is 9.37 Å². The van der Waals surface area contributed by atoms with Crippen LogP contribution in [0.3, 0.4) is 0 Å². The summed E-state index contributed by atoms with van der Waals surface area (Å²) in [6, 6.07) is 4.66. The highest BCUT2D eigenvalue weighted by Gasteiger charge is 2.09. The van der Waals surface area contributed by atoms with E-state index in [0.717, 1.165) is 11.4 Å². The number of rotatable bonds is 4. The summed E-state index contributed by atoms with van der Waals surface area (Å²) in [4.78, 5) is 4.51. The predicted molar refractivity (Wildman–Crippen MR) is 77.7 cm³/mol. The first-order valence-corrected chi connectivity index (χ1v) is 6.48. The fourth-order valence-electron chi connectivity index (χ4n) is 2.04. The Morgan fingerprint density at radius 2 is 2.16 bits per heavy atom. The zero-order chi connectivity index (χ0) is 14.0. The summed E-state index contributed by atoms with van der Waals surface area (Å²) in [7, 11) is 0. The molecule has 1 aromatic carbocycles. The van der Waals surface area contributed by atoms with Crippen LogP contribution in [-0.4, -0.2) is 14.5 Å². The van der Waals surface area contributed by atoms with Gasteiger partial charge in [0.25, 0.3) is 0 Å². The SMILES string of the molecule is CC(C)c1nccn1Cc1cc(F)cc(C(N)=S)c1. The van der Waals surface area contributed by atoms with E-state index >= 15 is 0 Å². The molecule has 3 nitrogen and oxygen atoms in total. The maximum absolute atomic E-state index is 13.5. The number of nitrogens with two attached hydrogens (primary N) is 1. The Labute approximate surface area is 117 Å². The Kier molecular flexibility index (Phi) is 3.95. The summed E-state index contributed by atoms with van der Waals surface area (Å²) >= 11 is 4.89. The van der Waals surface area contributed by atoms with E-state index in [9.17, 15) is 4.39 Å².